The van der Waals surface area contributed by atoms with Gasteiger partial charge in [-0.25, -0.2) is 0 Å². The van der Waals surface area contributed by atoms with Crippen LogP contribution < -0.4 is 10.2 Å². The minimum atomic E-state index is 0.395. The molecule has 0 radical (unpaired) electrons. The fraction of sp³-hybridized carbons (Fsp3) is 0.647. The Balaban J connectivity index is 2.83. The van der Waals surface area contributed by atoms with E-state index in [0.29, 0.717) is 6.04 Å². The highest BCUT2D eigenvalue weighted by Gasteiger charge is 2.13. The number of halogens is 1. The Hall–Kier alpha value is -0.540. The molecule has 0 amide bonds. The van der Waals surface area contributed by atoms with Crippen LogP contribution >= 0.6 is 15.9 Å². The van der Waals surface area contributed by atoms with Crippen molar-refractivity contribution >= 4 is 21.6 Å². The van der Waals surface area contributed by atoms with Crippen LogP contribution in [0.25, 0.3) is 0 Å². The molecule has 1 N–H and O–H groups in total. The average Bonchev–Trinajstić information content (AvgIpc) is 2.44. The van der Waals surface area contributed by atoms with E-state index in [1.165, 1.54) is 36.9 Å². The predicted molar refractivity (Wildman–Crippen MR) is 93.6 cm³/mol. The molecule has 0 spiro atoms. The molecule has 0 aromatic heterocycles. The van der Waals surface area contributed by atoms with Gasteiger partial charge in [0.25, 0.3) is 0 Å². The van der Waals surface area contributed by atoms with E-state index >= 15 is 0 Å². The van der Waals surface area contributed by atoms with Gasteiger partial charge < -0.3 is 10.2 Å². The van der Waals surface area contributed by atoms with Crippen molar-refractivity contribution in [2.75, 3.05) is 25.0 Å². The second kappa shape index (κ2) is 9.41. The first-order valence-electron chi connectivity index (χ1n) is 7.84. The van der Waals surface area contributed by atoms with E-state index in [2.05, 4.69) is 72.2 Å². The quantitative estimate of drug-likeness (QED) is 0.626. The molecular weight excluding hydrogens is 312 g/mol. The van der Waals surface area contributed by atoms with Crippen LogP contribution in [0.5, 0.6) is 0 Å². The van der Waals surface area contributed by atoms with Crippen LogP contribution in [-0.2, 0) is 0 Å². The van der Waals surface area contributed by atoms with E-state index in [-0.39, 0.29) is 0 Å². The first kappa shape index (κ1) is 17.5. The molecule has 1 atom stereocenters. The molecule has 0 aliphatic carbocycles. The van der Waals surface area contributed by atoms with E-state index < -0.39 is 0 Å². The zero-order valence-corrected chi connectivity index (χ0v) is 15.0. The number of rotatable bonds is 9. The maximum Gasteiger partial charge on any atom is 0.0423 e. The standard InChI is InChI=1S/C17H29BrN2/c1-5-7-8-12-20(4)17-13-15(18)9-10-16(17)14(3)19-11-6-2/h9-10,13-14,19H,5-8,11-12H2,1-4H3. The molecule has 1 unspecified atom stereocenters. The molecule has 2 nitrogen and oxygen atoms in total. The van der Waals surface area contributed by atoms with Gasteiger partial charge in [0.1, 0.15) is 0 Å². The van der Waals surface area contributed by atoms with Gasteiger partial charge in [-0.05, 0) is 44.0 Å². The van der Waals surface area contributed by atoms with Gasteiger partial charge in [-0.3, -0.25) is 0 Å². The van der Waals surface area contributed by atoms with Crippen LogP contribution in [0.2, 0.25) is 0 Å². The van der Waals surface area contributed by atoms with Crippen LogP contribution in [0.4, 0.5) is 5.69 Å². The summed E-state index contributed by atoms with van der Waals surface area (Å²) in [6.45, 7) is 8.90. The third-order valence-corrected chi connectivity index (χ3v) is 4.16. The Bertz CT molecular complexity index is 393. The number of hydrogen-bond acceptors (Lipinski definition) is 2. The highest BCUT2D eigenvalue weighted by Crippen LogP contribution is 2.29. The summed E-state index contributed by atoms with van der Waals surface area (Å²) in [5.74, 6) is 0. The summed E-state index contributed by atoms with van der Waals surface area (Å²) in [6.07, 6.45) is 5.00. The molecule has 1 rings (SSSR count). The first-order chi connectivity index (χ1) is 9.60. The predicted octanol–water partition coefficient (Wildman–Crippen LogP) is 5.14. The van der Waals surface area contributed by atoms with Crippen LogP contribution in [0, 0.1) is 0 Å². The van der Waals surface area contributed by atoms with Crippen LogP contribution in [0.3, 0.4) is 0 Å². The van der Waals surface area contributed by atoms with Crippen LogP contribution in [0.1, 0.15) is 58.1 Å². The van der Waals surface area contributed by atoms with Crippen LogP contribution in [0.15, 0.2) is 22.7 Å². The number of benzene rings is 1. The SMILES string of the molecule is CCCCCN(C)c1cc(Br)ccc1C(C)NCCC. The van der Waals surface area contributed by atoms with E-state index in [1.54, 1.807) is 0 Å². The highest BCUT2D eigenvalue weighted by molar-refractivity contribution is 9.10. The number of nitrogens with one attached hydrogen (secondary N) is 1. The molecule has 0 bridgehead atoms. The second-order valence-electron chi connectivity index (χ2n) is 5.51. The Morgan fingerprint density at radius 1 is 1.20 bits per heavy atom. The third-order valence-electron chi connectivity index (χ3n) is 3.67. The summed E-state index contributed by atoms with van der Waals surface area (Å²) >= 11 is 3.60. The van der Waals surface area contributed by atoms with E-state index in [9.17, 15) is 0 Å². The summed E-state index contributed by atoms with van der Waals surface area (Å²) in [7, 11) is 2.20. The smallest absolute Gasteiger partial charge is 0.0423 e. The Labute approximate surface area is 133 Å². The minimum absolute atomic E-state index is 0.395. The van der Waals surface area contributed by atoms with E-state index in [0.717, 1.165) is 17.6 Å². The molecular formula is C17H29BrN2. The molecule has 3 heteroatoms. The second-order valence-corrected chi connectivity index (χ2v) is 6.42. The van der Waals surface area contributed by atoms with Crippen molar-refractivity contribution in [3.8, 4) is 0 Å². The molecule has 0 aliphatic heterocycles. The van der Waals surface area contributed by atoms with Crippen molar-refractivity contribution in [3.63, 3.8) is 0 Å². The average molecular weight is 341 g/mol. The largest absolute Gasteiger partial charge is 0.374 e. The number of nitrogens with zero attached hydrogens (tertiary/aromatic N) is 1. The molecule has 0 saturated heterocycles. The van der Waals surface area contributed by atoms with Crippen molar-refractivity contribution in [2.45, 2.75) is 52.5 Å². The van der Waals surface area contributed by atoms with E-state index in [4.69, 9.17) is 0 Å². The van der Waals surface area contributed by atoms with Gasteiger partial charge in [0, 0.05) is 29.8 Å². The maximum atomic E-state index is 3.60. The molecule has 1 aromatic carbocycles. The lowest BCUT2D eigenvalue weighted by Crippen LogP contribution is -2.25. The molecule has 20 heavy (non-hydrogen) atoms. The summed E-state index contributed by atoms with van der Waals surface area (Å²) < 4.78 is 1.15. The van der Waals surface area contributed by atoms with Gasteiger partial charge in [-0.15, -0.1) is 0 Å². The van der Waals surface area contributed by atoms with Gasteiger partial charge in [0.2, 0.25) is 0 Å². The lowest BCUT2D eigenvalue weighted by Gasteiger charge is -2.26. The summed E-state index contributed by atoms with van der Waals surface area (Å²) in [5.41, 5.74) is 2.73. The summed E-state index contributed by atoms with van der Waals surface area (Å²) in [6, 6.07) is 7.02. The van der Waals surface area contributed by atoms with Gasteiger partial charge in [-0.2, -0.15) is 0 Å². The summed E-state index contributed by atoms with van der Waals surface area (Å²) in [5, 5.41) is 3.59. The number of hydrogen-bond donors (Lipinski definition) is 1. The monoisotopic (exact) mass is 340 g/mol. The summed E-state index contributed by atoms with van der Waals surface area (Å²) in [4.78, 5) is 2.39. The lowest BCUT2D eigenvalue weighted by molar-refractivity contribution is 0.569. The van der Waals surface area contributed by atoms with Crippen molar-refractivity contribution in [1.29, 1.82) is 0 Å². The number of unbranched alkanes of at least 4 members (excludes halogenated alkanes) is 2. The zero-order chi connectivity index (χ0) is 15.0. The molecule has 1 aromatic rings. The minimum Gasteiger partial charge on any atom is -0.374 e. The molecule has 0 aliphatic rings. The van der Waals surface area contributed by atoms with Gasteiger partial charge >= 0.3 is 0 Å². The lowest BCUT2D eigenvalue weighted by atomic mass is 10.0. The third kappa shape index (κ3) is 5.45. The maximum absolute atomic E-state index is 3.60. The van der Waals surface area contributed by atoms with Crippen molar-refractivity contribution in [3.05, 3.63) is 28.2 Å². The Kier molecular flexibility index (Phi) is 8.24. The van der Waals surface area contributed by atoms with Gasteiger partial charge in [0.15, 0.2) is 0 Å². The molecule has 114 valence electrons. The first-order valence-corrected chi connectivity index (χ1v) is 8.63. The van der Waals surface area contributed by atoms with Gasteiger partial charge in [0.05, 0.1) is 0 Å². The molecule has 0 fully saturated rings. The normalized spacial score (nSPS) is 12.4. The zero-order valence-electron chi connectivity index (χ0n) is 13.4. The molecule has 0 heterocycles. The molecule has 0 saturated carbocycles. The van der Waals surface area contributed by atoms with Crippen molar-refractivity contribution < 1.29 is 0 Å². The fourth-order valence-corrected chi connectivity index (χ4v) is 2.75. The van der Waals surface area contributed by atoms with Crippen LogP contribution in [-0.4, -0.2) is 20.1 Å². The Morgan fingerprint density at radius 3 is 2.60 bits per heavy atom. The number of anilines is 1. The van der Waals surface area contributed by atoms with E-state index in [1.807, 2.05) is 0 Å². The van der Waals surface area contributed by atoms with Gasteiger partial charge in [-0.1, -0.05) is 48.7 Å². The van der Waals surface area contributed by atoms with Crippen molar-refractivity contribution in [2.24, 2.45) is 0 Å². The Morgan fingerprint density at radius 2 is 1.95 bits per heavy atom. The van der Waals surface area contributed by atoms with Crippen molar-refractivity contribution in [1.82, 2.24) is 5.32 Å². The highest BCUT2D eigenvalue weighted by atomic mass is 79.9. The topological polar surface area (TPSA) is 15.3 Å². The fourth-order valence-electron chi connectivity index (χ4n) is 2.40.